The van der Waals surface area contributed by atoms with Gasteiger partial charge in [0, 0.05) is 5.92 Å². The quantitative estimate of drug-likeness (QED) is 0.312. The molecule has 0 N–H and O–H groups in total. The molecule has 0 radical (unpaired) electrons. The van der Waals surface area contributed by atoms with E-state index in [1.807, 2.05) is 20.8 Å². The fraction of sp³-hybridized carbons (Fsp3) is 0.654. The summed E-state index contributed by atoms with van der Waals surface area (Å²) in [5.74, 6) is 0.433. The van der Waals surface area contributed by atoms with Crippen molar-refractivity contribution in [3.63, 3.8) is 0 Å². The van der Waals surface area contributed by atoms with Gasteiger partial charge in [0.15, 0.2) is 0 Å². The predicted octanol–water partition coefficient (Wildman–Crippen LogP) is 8.77. The highest BCUT2D eigenvalue weighted by molar-refractivity contribution is 5.77. The number of carbonyl (C=O) groups excluding carboxylic acids is 1. The molecule has 1 unspecified atom stereocenters. The Morgan fingerprint density at radius 1 is 0.667 bits per heavy atom. The van der Waals surface area contributed by atoms with Gasteiger partial charge in [-0.25, -0.2) is 0 Å². The minimum absolute atomic E-state index is 0.152. The Labute approximate surface area is 170 Å². The molecule has 0 aromatic carbocycles. The number of ketones is 1. The molecule has 156 valence electrons. The SMILES string of the molecule is CC.CC(=O)C(C)C/C=C(/C)CC/C=C(\C)CC/C=C(\C)CCC=C(C)C. The van der Waals surface area contributed by atoms with Crippen molar-refractivity contribution in [3.8, 4) is 0 Å². The van der Waals surface area contributed by atoms with Crippen LogP contribution in [0.2, 0.25) is 0 Å². The first-order chi connectivity index (χ1) is 12.7. The van der Waals surface area contributed by atoms with Gasteiger partial charge in [0.25, 0.3) is 0 Å². The largest absolute Gasteiger partial charge is 0.300 e. The van der Waals surface area contributed by atoms with Crippen LogP contribution in [0.15, 0.2) is 46.6 Å². The van der Waals surface area contributed by atoms with Crippen LogP contribution in [0.1, 0.15) is 107 Å². The van der Waals surface area contributed by atoms with Gasteiger partial charge >= 0.3 is 0 Å². The maximum Gasteiger partial charge on any atom is 0.132 e. The predicted molar refractivity (Wildman–Crippen MR) is 124 cm³/mol. The normalized spacial score (nSPS) is 13.6. The molecule has 1 heteroatoms. The summed E-state index contributed by atoms with van der Waals surface area (Å²) in [4.78, 5) is 11.2. The molecule has 0 spiro atoms. The molecule has 0 saturated heterocycles. The van der Waals surface area contributed by atoms with Crippen LogP contribution in [0.25, 0.3) is 0 Å². The summed E-state index contributed by atoms with van der Waals surface area (Å²) >= 11 is 0. The number of carbonyl (C=O) groups is 1. The van der Waals surface area contributed by atoms with Gasteiger partial charge in [-0.05, 0) is 86.5 Å². The van der Waals surface area contributed by atoms with Gasteiger partial charge in [0.2, 0.25) is 0 Å². The van der Waals surface area contributed by atoms with Gasteiger partial charge in [0.05, 0.1) is 0 Å². The summed E-state index contributed by atoms with van der Waals surface area (Å²) in [5.41, 5.74) is 5.79. The lowest BCUT2D eigenvalue weighted by molar-refractivity contribution is -0.120. The molecular formula is C26H46O. The van der Waals surface area contributed by atoms with E-state index in [2.05, 4.69) is 58.9 Å². The van der Waals surface area contributed by atoms with Crippen LogP contribution in [0.5, 0.6) is 0 Å². The summed E-state index contributed by atoms with van der Waals surface area (Å²) in [6, 6.07) is 0. The minimum Gasteiger partial charge on any atom is -0.300 e. The first-order valence-corrected chi connectivity index (χ1v) is 10.8. The Morgan fingerprint density at radius 3 is 1.41 bits per heavy atom. The third-order valence-corrected chi connectivity index (χ3v) is 4.67. The third-order valence-electron chi connectivity index (χ3n) is 4.67. The molecule has 0 aliphatic rings. The van der Waals surface area contributed by atoms with Gasteiger partial charge in [-0.3, -0.25) is 4.79 Å². The van der Waals surface area contributed by atoms with Crippen molar-refractivity contribution < 1.29 is 4.79 Å². The Bertz CT molecular complexity index is 510. The average molecular weight is 375 g/mol. The van der Waals surface area contributed by atoms with Crippen LogP contribution in [0.3, 0.4) is 0 Å². The molecule has 0 aliphatic carbocycles. The summed E-state index contributed by atoms with van der Waals surface area (Å²) in [6.07, 6.45) is 17.0. The number of hydrogen-bond donors (Lipinski definition) is 0. The van der Waals surface area contributed by atoms with Crippen molar-refractivity contribution in [2.24, 2.45) is 5.92 Å². The second-order valence-corrected chi connectivity index (χ2v) is 7.80. The van der Waals surface area contributed by atoms with Gasteiger partial charge < -0.3 is 0 Å². The zero-order chi connectivity index (χ0) is 21.2. The van der Waals surface area contributed by atoms with Gasteiger partial charge in [-0.2, -0.15) is 0 Å². The van der Waals surface area contributed by atoms with Crippen molar-refractivity contribution >= 4 is 5.78 Å². The van der Waals surface area contributed by atoms with Gasteiger partial charge in [-0.15, -0.1) is 0 Å². The molecule has 0 amide bonds. The summed E-state index contributed by atoms with van der Waals surface area (Å²) in [5, 5.41) is 0. The van der Waals surface area contributed by atoms with Crippen molar-refractivity contribution in [1.29, 1.82) is 0 Å². The van der Waals surface area contributed by atoms with E-state index in [1.165, 1.54) is 28.7 Å². The molecular weight excluding hydrogens is 328 g/mol. The van der Waals surface area contributed by atoms with Crippen LogP contribution in [0, 0.1) is 5.92 Å². The minimum atomic E-state index is 0.152. The van der Waals surface area contributed by atoms with E-state index in [1.54, 1.807) is 6.92 Å². The Kier molecular flexibility index (Phi) is 18.6. The number of rotatable bonds is 12. The number of Topliss-reactive ketones (excluding diaryl/α,β-unsaturated/α-hetero) is 1. The number of allylic oxidation sites excluding steroid dienone is 8. The highest BCUT2D eigenvalue weighted by Crippen LogP contribution is 2.14. The van der Waals surface area contributed by atoms with Crippen molar-refractivity contribution in [1.82, 2.24) is 0 Å². The summed E-state index contributed by atoms with van der Waals surface area (Å²) in [7, 11) is 0. The van der Waals surface area contributed by atoms with Crippen LogP contribution < -0.4 is 0 Å². The summed E-state index contributed by atoms with van der Waals surface area (Å²) in [6.45, 7) is 18.7. The molecule has 0 aliphatic heterocycles. The monoisotopic (exact) mass is 374 g/mol. The average Bonchev–Trinajstić information content (AvgIpc) is 2.60. The molecule has 1 nitrogen and oxygen atoms in total. The second-order valence-electron chi connectivity index (χ2n) is 7.80. The summed E-state index contributed by atoms with van der Waals surface area (Å²) < 4.78 is 0. The molecule has 0 aromatic rings. The van der Waals surface area contributed by atoms with E-state index < -0.39 is 0 Å². The molecule has 27 heavy (non-hydrogen) atoms. The number of hydrogen-bond acceptors (Lipinski definition) is 1. The molecule has 0 rings (SSSR count). The lowest BCUT2D eigenvalue weighted by atomic mass is 10.0. The molecule has 0 aromatic heterocycles. The van der Waals surface area contributed by atoms with Crippen molar-refractivity contribution in [2.45, 2.75) is 107 Å². The zero-order valence-corrected chi connectivity index (χ0v) is 19.7. The maximum atomic E-state index is 11.2. The van der Waals surface area contributed by atoms with Crippen molar-refractivity contribution in [3.05, 3.63) is 46.6 Å². The van der Waals surface area contributed by atoms with E-state index in [4.69, 9.17) is 0 Å². The highest BCUT2D eigenvalue weighted by atomic mass is 16.1. The van der Waals surface area contributed by atoms with E-state index in [0.717, 1.165) is 38.5 Å². The maximum absolute atomic E-state index is 11.2. The Hall–Kier alpha value is -1.37. The fourth-order valence-corrected chi connectivity index (χ4v) is 2.53. The van der Waals surface area contributed by atoms with E-state index in [-0.39, 0.29) is 11.7 Å². The van der Waals surface area contributed by atoms with Gasteiger partial charge in [-0.1, -0.05) is 67.4 Å². The second kappa shape index (κ2) is 18.0. The molecule has 0 bridgehead atoms. The van der Waals surface area contributed by atoms with E-state index in [0.29, 0.717) is 0 Å². The van der Waals surface area contributed by atoms with Crippen LogP contribution in [-0.4, -0.2) is 5.78 Å². The topological polar surface area (TPSA) is 17.1 Å². The van der Waals surface area contributed by atoms with Crippen LogP contribution in [-0.2, 0) is 4.79 Å². The Balaban J connectivity index is 0. The van der Waals surface area contributed by atoms with E-state index in [9.17, 15) is 4.79 Å². The first-order valence-electron chi connectivity index (χ1n) is 10.8. The molecule has 0 heterocycles. The third kappa shape index (κ3) is 19.2. The molecule has 0 fully saturated rings. The lowest BCUT2D eigenvalue weighted by Crippen LogP contribution is -2.04. The standard InChI is InChI=1S/C24H40O.C2H6/c1-19(2)11-8-12-20(3)13-9-14-21(4)15-10-16-22(5)17-18-23(6)24(7)25;1-2/h11,13,15,17,23H,8-10,12,14,16,18H2,1-7H3;1-2H3/b20-13+,21-15+,22-17-;. The Morgan fingerprint density at radius 2 is 1.04 bits per heavy atom. The van der Waals surface area contributed by atoms with E-state index >= 15 is 0 Å². The van der Waals surface area contributed by atoms with Crippen molar-refractivity contribution in [2.75, 3.05) is 0 Å². The lowest BCUT2D eigenvalue weighted by Gasteiger charge is -2.05. The highest BCUT2D eigenvalue weighted by Gasteiger charge is 2.04. The van der Waals surface area contributed by atoms with Crippen LogP contribution in [0.4, 0.5) is 0 Å². The fourth-order valence-electron chi connectivity index (χ4n) is 2.53. The molecule has 0 saturated carbocycles. The van der Waals surface area contributed by atoms with Crippen LogP contribution >= 0.6 is 0 Å². The molecule has 1 atom stereocenters. The smallest absolute Gasteiger partial charge is 0.132 e. The van der Waals surface area contributed by atoms with Gasteiger partial charge in [0.1, 0.15) is 5.78 Å². The zero-order valence-electron chi connectivity index (χ0n) is 19.7. The first kappa shape index (κ1) is 27.8.